The first-order valence-corrected chi connectivity index (χ1v) is 10.3. The van der Waals surface area contributed by atoms with Gasteiger partial charge in [-0.2, -0.15) is 5.10 Å². The molecule has 4 aromatic rings. The van der Waals surface area contributed by atoms with Crippen molar-refractivity contribution < 1.29 is 9.18 Å². The van der Waals surface area contributed by atoms with E-state index in [-0.39, 0.29) is 17.6 Å². The molecule has 156 valence electrons. The van der Waals surface area contributed by atoms with Crippen molar-refractivity contribution in [2.45, 2.75) is 25.7 Å². The van der Waals surface area contributed by atoms with Gasteiger partial charge in [0.25, 0.3) is 5.91 Å². The minimum Gasteiger partial charge on any atom is -0.338 e. The second kappa shape index (κ2) is 7.86. The number of nitrogens with zero attached hydrogens (tertiary/aromatic N) is 6. The van der Waals surface area contributed by atoms with Crippen LogP contribution >= 0.6 is 0 Å². The Morgan fingerprint density at radius 1 is 1.19 bits per heavy atom. The van der Waals surface area contributed by atoms with Crippen LogP contribution in [0.3, 0.4) is 0 Å². The minimum absolute atomic E-state index is 0.0136. The van der Waals surface area contributed by atoms with Crippen molar-refractivity contribution in [3.63, 3.8) is 0 Å². The molecule has 4 heterocycles. The summed E-state index contributed by atoms with van der Waals surface area (Å²) in [6.07, 6.45) is 6.74. The largest absolute Gasteiger partial charge is 0.338 e. The molecule has 1 aliphatic rings. The van der Waals surface area contributed by atoms with Crippen LogP contribution in [0.1, 0.15) is 40.6 Å². The maximum Gasteiger partial charge on any atom is 0.259 e. The van der Waals surface area contributed by atoms with Gasteiger partial charge in [-0.1, -0.05) is 12.1 Å². The lowest BCUT2D eigenvalue weighted by molar-refractivity contribution is 0.0706. The predicted molar refractivity (Wildman–Crippen MR) is 113 cm³/mol. The maximum atomic E-state index is 13.7. The third-order valence-electron chi connectivity index (χ3n) is 5.58. The number of aromatic nitrogens is 5. The summed E-state index contributed by atoms with van der Waals surface area (Å²) < 4.78 is 15.3. The van der Waals surface area contributed by atoms with E-state index in [1.54, 1.807) is 35.2 Å². The number of amides is 1. The van der Waals surface area contributed by atoms with Gasteiger partial charge in [0, 0.05) is 42.7 Å². The number of rotatable bonds is 3. The van der Waals surface area contributed by atoms with Crippen LogP contribution in [0.2, 0.25) is 0 Å². The van der Waals surface area contributed by atoms with Crippen LogP contribution in [0.5, 0.6) is 0 Å². The van der Waals surface area contributed by atoms with Gasteiger partial charge in [0.15, 0.2) is 5.65 Å². The van der Waals surface area contributed by atoms with Gasteiger partial charge in [-0.25, -0.2) is 23.9 Å². The third kappa shape index (κ3) is 3.76. The van der Waals surface area contributed by atoms with Crippen LogP contribution in [0.4, 0.5) is 4.39 Å². The number of likely N-dealkylation sites (tertiary alicyclic amines) is 1. The van der Waals surface area contributed by atoms with E-state index >= 15 is 0 Å². The molecule has 5 rings (SSSR count). The minimum atomic E-state index is -0.299. The van der Waals surface area contributed by atoms with Gasteiger partial charge in [-0.3, -0.25) is 4.79 Å². The van der Waals surface area contributed by atoms with Gasteiger partial charge < -0.3 is 4.90 Å². The summed E-state index contributed by atoms with van der Waals surface area (Å²) in [7, 11) is 0. The second-order valence-electron chi connectivity index (χ2n) is 7.80. The summed E-state index contributed by atoms with van der Waals surface area (Å²) in [6.45, 7) is 3.10. The zero-order chi connectivity index (χ0) is 21.4. The smallest absolute Gasteiger partial charge is 0.259 e. The summed E-state index contributed by atoms with van der Waals surface area (Å²) in [5.41, 5.74) is 3.27. The van der Waals surface area contributed by atoms with Crippen molar-refractivity contribution in [3.8, 4) is 11.3 Å². The van der Waals surface area contributed by atoms with Crippen LogP contribution in [0, 0.1) is 12.7 Å². The summed E-state index contributed by atoms with van der Waals surface area (Å²) in [4.78, 5) is 28.7. The molecule has 0 aliphatic carbocycles. The zero-order valence-electron chi connectivity index (χ0n) is 17.1. The van der Waals surface area contributed by atoms with Crippen LogP contribution in [0.15, 0.2) is 55.0 Å². The van der Waals surface area contributed by atoms with E-state index in [9.17, 15) is 9.18 Å². The van der Waals surface area contributed by atoms with Crippen molar-refractivity contribution in [1.82, 2.24) is 29.5 Å². The molecule has 1 unspecified atom stereocenters. The highest BCUT2D eigenvalue weighted by Crippen LogP contribution is 2.28. The van der Waals surface area contributed by atoms with Crippen LogP contribution in [-0.2, 0) is 0 Å². The molecule has 0 saturated carbocycles. The Kier molecular flexibility index (Phi) is 4.89. The Balaban J connectivity index is 1.42. The molecule has 31 heavy (non-hydrogen) atoms. The number of carbonyl (C=O) groups is 1. The van der Waals surface area contributed by atoms with E-state index in [0.717, 1.165) is 18.5 Å². The fourth-order valence-corrected chi connectivity index (χ4v) is 4.09. The zero-order valence-corrected chi connectivity index (χ0v) is 17.1. The molecule has 0 radical (unpaired) electrons. The Labute approximate surface area is 178 Å². The Morgan fingerprint density at radius 3 is 2.97 bits per heavy atom. The standard InChI is InChI=1S/C23H21FN6O/c1-15-11-20(16-5-2-7-18(24)12-16)28-21(27-15)17-6-3-9-29(14-17)23(31)19-13-26-30-10-4-8-25-22(19)30/h2,4-5,7-8,10-13,17H,3,6,9,14H2,1H3. The van der Waals surface area contributed by atoms with Crippen LogP contribution in [0.25, 0.3) is 16.9 Å². The van der Waals surface area contributed by atoms with Gasteiger partial charge >= 0.3 is 0 Å². The highest BCUT2D eigenvalue weighted by atomic mass is 19.1. The van der Waals surface area contributed by atoms with Crippen molar-refractivity contribution >= 4 is 11.6 Å². The molecule has 1 fully saturated rings. The lowest BCUT2D eigenvalue weighted by atomic mass is 9.96. The molecule has 7 nitrogen and oxygen atoms in total. The average molecular weight is 416 g/mol. The second-order valence-corrected chi connectivity index (χ2v) is 7.80. The Hall–Kier alpha value is -3.68. The van der Waals surface area contributed by atoms with Crippen molar-refractivity contribution in [2.75, 3.05) is 13.1 Å². The van der Waals surface area contributed by atoms with E-state index in [1.807, 2.05) is 24.0 Å². The number of halogens is 1. The fraction of sp³-hybridized carbons (Fsp3) is 0.261. The molecular weight excluding hydrogens is 395 g/mol. The first-order valence-electron chi connectivity index (χ1n) is 10.3. The van der Waals surface area contributed by atoms with Crippen LogP contribution < -0.4 is 0 Å². The van der Waals surface area contributed by atoms with E-state index in [0.29, 0.717) is 41.4 Å². The Bertz CT molecular complexity index is 1270. The number of piperidine rings is 1. The maximum absolute atomic E-state index is 13.7. The highest BCUT2D eigenvalue weighted by Gasteiger charge is 2.29. The molecule has 3 aromatic heterocycles. The predicted octanol–water partition coefficient (Wildman–Crippen LogP) is 3.65. The molecule has 1 atom stereocenters. The van der Waals surface area contributed by atoms with Crippen molar-refractivity contribution in [2.24, 2.45) is 0 Å². The molecule has 1 aliphatic heterocycles. The van der Waals surface area contributed by atoms with Gasteiger partial charge in [0.2, 0.25) is 0 Å². The number of carbonyl (C=O) groups excluding carboxylic acids is 1. The molecule has 1 aromatic carbocycles. The highest BCUT2D eigenvalue weighted by molar-refractivity contribution is 5.99. The lowest BCUT2D eigenvalue weighted by Crippen LogP contribution is -2.39. The van der Waals surface area contributed by atoms with E-state index in [2.05, 4.69) is 15.1 Å². The summed E-state index contributed by atoms with van der Waals surface area (Å²) >= 11 is 0. The quantitative estimate of drug-likeness (QED) is 0.510. The molecule has 8 heteroatoms. The molecule has 0 bridgehead atoms. The van der Waals surface area contributed by atoms with E-state index in [1.165, 1.54) is 12.1 Å². The van der Waals surface area contributed by atoms with E-state index in [4.69, 9.17) is 4.98 Å². The van der Waals surface area contributed by atoms with Gasteiger partial charge in [0.1, 0.15) is 17.2 Å². The average Bonchev–Trinajstić information content (AvgIpc) is 3.22. The number of hydrogen-bond acceptors (Lipinski definition) is 5. The number of aryl methyl sites for hydroxylation is 1. The lowest BCUT2D eigenvalue weighted by Gasteiger charge is -2.32. The monoisotopic (exact) mass is 416 g/mol. The van der Waals surface area contributed by atoms with Crippen molar-refractivity contribution in [3.05, 3.63) is 77.9 Å². The first-order chi connectivity index (χ1) is 15.1. The summed E-state index contributed by atoms with van der Waals surface area (Å²) in [5.74, 6) is 0.317. The summed E-state index contributed by atoms with van der Waals surface area (Å²) in [6, 6.07) is 10.0. The molecule has 1 saturated heterocycles. The van der Waals surface area contributed by atoms with Crippen molar-refractivity contribution in [1.29, 1.82) is 0 Å². The van der Waals surface area contributed by atoms with Gasteiger partial charge in [0.05, 0.1) is 11.9 Å². The number of hydrogen-bond donors (Lipinski definition) is 0. The normalized spacial score (nSPS) is 16.6. The molecular formula is C23H21FN6O. The Morgan fingerprint density at radius 2 is 2.10 bits per heavy atom. The number of benzene rings is 1. The first kappa shape index (κ1) is 19.3. The SMILES string of the molecule is Cc1cc(-c2cccc(F)c2)nc(C2CCCN(C(=O)c3cnn4cccnc34)C2)n1. The molecule has 0 N–H and O–H groups in total. The van der Waals surface area contributed by atoms with Crippen LogP contribution in [-0.4, -0.2) is 48.5 Å². The van der Waals surface area contributed by atoms with Gasteiger partial charge in [-0.05, 0) is 44.0 Å². The third-order valence-corrected chi connectivity index (χ3v) is 5.58. The molecule has 0 spiro atoms. The van der Waals surface area contributed by atoms with Gasteiger partial charge in [-0.15, -0.1) is 0 Å². The summed E-state index contributed by atoms with van der Waals surface area (Å²) in [5, 5.41) is 4.23. The number of fused-ring (bicyclic) bond motifs is 1. The fourth-order valence-electron chi connectivity index (χ4n) is 4.09. The molecule has 1 amide bonds. The van der Waals surface area contributed by atoms with E-state index < -0.39 is 0 Å². The topological polar surface area (TPSA) is 76.3 Å².